The molecule has 0 saturated heterocycles. The van der Waals surface area contributed by atoms with Crippen molar-refractivity contribution < 1.29 is 0 Å². The number of nitrogens with one attached hydrogen (secondary N) is 1. The fraction of sp³-hybridized carbons (Fsp3) is 0.688. The van der Waals surface area contributed by atoms with Crippen molar-refractivity contribution in [3.8, 4) is 0 Å². The Morgan fingerprint density at radius 1 is 1.48 bits per heavy atom. The van der Waals surface area contributed by atoms with E-state index in [-0.39, 0.29) is 0 Å². The number of anilines is 1. The molecule has 2 aromatic rings. The summed E-state index contributed by atoms with van der Waals surface area (Å²) in [5.74, 6) is 2.09. The molecule has 0 aromatic carbocycles. The quantitative estimate of drug-likeness (QED) is 0.810. The molecule has 0 bridgehead atoms. The van der Waals surface area contributed by atoms with Crippen LogP contribution in [0.4, 0.5) is 5.82 Å². The summed E-state index contributed by atoms with van der Waals surface area (Å²) in [7, 11) is 0. The summed E-state index contributed by atoms with van der Waals surface area (Å²) in [5, 5.41) is 5.67. The van der Waals surface area contributed by atoms with Crippen LogP contribution in [0.5, 0.6) is 0 Å². The molecule has 0 unspecified atom stereocenters. The summed E-state index contributed by atoms with van der Waals surface area (Å²) in [6, 6.07) is 0.491. The van der Waals surface area contributed by atoms with E-state index in [0.29, 0.717) is 6.04 Å². The van der Waals surface area contributed by atoms with Gasteiger partial charge in [-0.3, -0.25) is 4.40 Å². The Morgan fingerprint density at radius 3 is 2.95 bits per heavy atom. The van der Waals surface area contributed by atoms with Crippen LogP contribution in [-0.2, 0) is 6.54 Å². The number of nitrogens with zero attached hydrogens (tertiary/aromatic N) is 3. The molecule has 4 nitrogen and oxygen atoms in total. The van der Waals surface area contributed by atoms with E-state index in [0.717, 1.165) is 24.0 Å². The molecule has 5 heteroatoms. The maximum Gasteiger partial charge on any atom is 0.195 e. The highest BCUT2D eigenvalue weighted by Gasteiger charge is 2.27. The maximum absolute atomic E-state index is 4.92. The molecule has 1 saturated carbocycles. The van der Waals surface area contributed by atoms with Gasteiger partial charge in [-0.2, -0.15) is 0 Å². The number of fused-ring (bicyclic) bond motifs is 1. The van der Waals surface area contributed by atoms with Crippen LogP contribution in [0.15, 0.2) is 11.6 Å². The minimum atomic E-state index is 0.491. The summed E-state index contributed by atoms with van der Waals surface area (Å²) in [5.41, 5.74) is 1.31. The molecule has 3 rings (SSSR count). The Morgan fingerprint density at radius 2 is 2.29 bits per heavy atom. The molecule has 0 amide bonds. The van der Waals surface area contributed by atoms with Crippen molar-refractivity contribution in [2.75, 3.05) is 18.0 Å². The summed E-state index contributed by atoms with van der Waals surface area (Å²) in [6.07, 6.45) is 6.11. The molecule has 2 heterocycles. The monoisotopic (exact) mass is 306 g/mol. The smallest absolute Gasteiger partial charge is 0.195 e. The van der Waals surface area contributed by atoms with E-state index >= 15 is 0 Å². The predicted octanol–water partition coefficient (Wildman–Crippen LogP) is 3.52. The van der Waals surface area contributed by atoms with Crippen LogP contribution in [-0.4, -0.2) is 28.5 Å². The van der Waals surface area contributed by atoms with Crippen molar-refractivity contribution >= 4 is 22.1 Å². The second-order valence-electron chi connectivity index (χ2n) is 6.36. The van der Waals surface area contributed by atoms with Gasteiger partial charge in [-0.15, -0.1) is 11.3 Å². The molecule has 0 aliphatic heterocycles. The average molecular weight is 306 g/mol. The van der Waals surface area contributed by atoms with Crippen LogP contribution < -0.4 is 10.2 Å². The number of hydrogen-bond acceptors (Lipinski definition) is 4. The number of imidazole rings is 1. The first-order chi connectivity index (χ1) is 10.2. The van der Waals surface area contributed by atoms with Crippen LogP contribution in [0.1, 0.15) is 45.7 Å². The highest BCUT2D eigenvalue weighted by molar-refractivity contribution is 7.15. The number of aromatic nitrogens is 2. The van der Waals surface area contributed by atoms with Crippen LogP contribution in [0, 0.1) is 5.92 Å². The van der Waals surface area contributed by atoms with Crippen molar-refractivity contribution in [1.29, 1.82) is 0 Å². The van der Waals surface area contributed by atoms with Gasteiger partial charge in [-0.05, 0) is 25.2 Å². The molecule has 116 valence electrons. The first-order valence-corrected chi connectivity index (χ1v) is 8.99. The average Bonchev–Trinajstić information content (AvgIpc) is 3.02. The molecule has 1 fully saturated rings. The zero-order chi connectivity index (χ0) is 14.8. The lowest BCUT2D eigenvalue weighted by molar-refractivity contribution is 0.577. The van der Waals surface area contributed by atoms with E-state index in [9.17, 15) is 0 Å². The van der Waals surface area contributed by atoms with Gasteiger partial charge in [0.1, 0.15) is 0 Å². The molecule has 1 aliphatic rings. The Hall–Kier alpha value is -1.07. The van der Waals surface area contributed by atoms with Gasteiger partial charge in [0.05, 0.1) is 5.69 Å². The van der Waals surface area contributed by atoms with E-state index in [1.165, 1.54) is 37.3 Å². The Balaban J connectivity index is 1.89. The third kappa shape index (κ3) is 3.40. The predicted molar refractivity (Wildman–Crippen MR) is 90.3 cm³/mol. The first kappa shape index (κ1) is 14.9. The van der Waals surface area contributed by atoms with Gasteiger partial charge < -0.3 is 10.2 Å². The molecular formula is C16H26N4S. The fourth-order valence-electron chi connectivity index (χ4n) is 2.71. The zero-order valence-corrected chi connectivity index (χ0v) is 14.1. The fourth-order valence-corrected chi connectivity index (χ4v) is 3.43. The van der Waals surface area contributed by atoms with Crippen LogP contribution in [0.3, 0.4) is 0 Å². The van der Waals surface area contributed by atoms with E-state index in [1.54, 1.807) is 11.3 Å². The van der Waals surface area contributed by atoms with E-state index in [2.05, 4.69) is 47.0 Å². The summed E-state index contributed by atoms with van der Waals surface area (Å²) in [6.45, 7) is 9.81. The van der Waals surface area contributed by atoms with Gasteiger partial charge >= 0.3 is 0 Å². The molecule has 21 heavy (non-hydrogen) atoms. The van der Waals surface area contributed by atoms with Crippen molar-refractivity contribution in [2.24, 2.45) is 5.92 Å². The van der Waals surface area contributed by atoms with Gasteiger partial charge in [0.15, 0.2) is 10.8 Å². The number of hydrogen-bond donors (Lipinski definition) is 1. The molecule has 0 radical (unpaired) electrons. The standard InChI is InChI=1S/C16H26N4S/c1-4-7-19(11-13-5-6-13)15-14(10-17-12(2)3)20-8-9-21-16(20)18-15/h8-9,12-13,17H,4-7,10-11H2,1-3H3. The Labute approximate surface area is 131 Å². The SMILES string of the molecule is CCCN(CC1CC1)c1nc2sccn2c1CNC(C)C. The maximum atomic E-state index is 4.92. The highest BCUT2D eigenvalue weighted by Crippen LogP contribution is 2.33. The summed E-state index contributed by atoms with van der Waals surface area (Å²) < 4.78 is 2.25. The van der Waals surface area contributed by atoms with Crippen LogP contribution >= 0.6 is 11.3 Å². The first-order valence-electron chi connectivity index (χ1n) is 8.11. The highest BCUT2D eigenvalue weighted by atomic mass is 32.1. The molecule has 0 atom stereocenters. The normalized spacial score (nSPS) is 15.2. The molecule has 2 aromatic heterocycles. The molecular weight excluding hydrogens is 280 g/mol. The number of rotatable bonds is 8. The second kappa shape index (κ2) is 6.36. The third-order valence-electron chi connectivity index (χ3n) is 3.99. The third-order valence-corrected chi connectivity index (χ3v) is 4.74. The van der Waals surface area contributed by atoms with Crippen molar-refractivity contribution in [2.45, 2.75) is 52.6 Å². The van der Waals surface area contributed by atoms with Gasteiger partial charge in [-0.25, -0.2) is 4.98 Å². The van der Waals surface area contributed by atoms with E-state index in [1.807, 2.05) is 0 Å². The molecule has 1 N–H and O–H groups in total. The second-order valence-corrected chi connectivity index (χ2v) is 7.24. The van der Waals surface area contributed by atoms with Crippen molar-refractivity contribution in [1.82, 2.24) is 14.7 Å². The largest absolute Gasteiger partial charge is 0.355 e. The van der Waals surface area contributed by atoms with Crippen LogP contribution in [0.25, 0.3) is 4.96 Å². The molecule has 1 aliphatic carbocycles. The zero-order valence-electron chi connectivity index (χ0n) is 13.3. The Bertz CT molecular complexity index is 582. The summed E-state index contributed by atoms with van der Waals surface area (Å²) in [4.78, 5) is 8.54. The van der Waals surface area contributed by atoms with Crippen molar-refractivity contribution in [3.05, 3.63) is 17.3 Å². The van der Waals surface area contributed by atoms with Gasteiger partial charge in [-0.1, -0.05) is 20.8 Å². The Kier molecular flexibility index (Phi) is 4.50. The van der Waals surface area contributed by atoms with E-state index in [4.69, 9.17) is 4.98 Å². The lowest BCUT2D eigenvalue weighted by Crippen LogP contribution is -2.30. The van der Waals surface area contributed by atoms with E-state index < -0.39 is 0 Å². The molecule has 0 spiro atoms. The summed E-state index contributed by atoms with van der Waals surface area (Å²) >= 11 is 1.72. The minimum Gasteiger partial charge on any atom is -0.355 e. The lowest BCUT2D eigenvalue weighted by atomic mass is 10.3. The van der Waals surface area contributed by atoms with Gasteiger partial charge in [0, 0.05) is 37.3 Å². The van der Waals surface area contributed by atoms with Crippen molar-refractivity contribution in [3.63, 3.8) is 0 Å². The van der Waals surface area contributed by atoms with Gasteiger partial charge in [0.25, 0.3) is 0 Å². The van der Waals surface area contributed by atoms with Crippen LogP contribution in [0.2, 0.25) is 0 Å². The topological polar surface area (TPSA) is 32.6 Å². The van der Waals surface area contributed by atoms with Gasteiger partial charge in [0.2, 0.25) is 0 Å². The number of thiazole rings is 1. The minimum absolute atomic E-state index is 0.491. The lowest BCUT2D eigenvalue weighted by Gasteiger charge is -2.23.